The van der Waals surface area contributed by atoms with Crippen LogP contribution in [0.5, 0.6) is 0 Å². The summed E-state index contributed by atoms with van der Waals surface area (Å²) in [6.45, 7) is 1.17. The molecule has 2 amide bonds. The SMILES string of the molecule is O=C(NCCNC(=O)[C@@H]1C[C@H]2CC[C@@H]1C2)[C@@H]1C[C@@H]2CC[C@@H]1C2. The van der Waals surface area contributed by atoms with Crippen molar-refractivity contribution in [3.05, 3.63) is 0 Å². The summed E-state index contributed by atoms with van der Waals surface area (Å²) >= 11 is 0. The summed E-state index contributed by atoms with van der Waals surface area (Å²) in [5, 5.41) is 6.07. The second-order valence-electron chi connectivity index (χ2n) is 8.14. The molecular formula is C18H28N2O2. The summed E-state index contributed by atoms with van der Waals surface area (Å²) in [6, 6.07) is 0. The second kappa shape index (κ2) is 5.86. The first-order valence-corrected chi connectivity index (χ1v) is 9.26. The maximum atomic E-state index is 12.2. The van der Waals surface area contributed by atoms with E-state index in [9.17, 15) is 9.59 Å². The molecule has 0 aromatic heterocycles. The Labute approximate surface area is 132 Å². The van der Waals surface area contributed by atoms with Gasteiger partial charge >= 0.3 is 0 Å². The van der Waals surface area contributed by atoms with Crippen molar-refractivity contribution in [2.24, 2.45) is 35.5 Å². The van der Waals surface area contributed by atoms with E-state index in [1.54, 1.807) is 0 Å². The van der Waals surface area contributed by atoms with Crippen molar-refractivity contribution in [2.75, 3.05) is 13.1 Å². The number of carbonyl (C=O) groups is 2. The third-order valence-electron chi connectivity index (χ3n) is 6.87. The van der Waals surface area contributed by atoms with Gasteiger partial charge in [0.15, 0.2) is 0 Å². The molecule has 4 saturated carbocycles. The van der Waals surface area contributed by atoms with E-state index in [2.05, 4.69) is 10.6 Å². The Morgan fingerprint density at radius 3 is 1.45 bits per heavy atom. The molecule has 122 valence electrons. The quantitative estimate of drug-likeness (QED) is 0.764. The fraction of sp³-hybridized carbons (Fsp3) is 0.889. The summed E-state index contributed by atoms with van der Waals surface area (Å²) in [4.78, 5) is 24.4. The van der Waals surface area contributed by atoms with Gasteiger partial charge in [0, 0.05) is 24.9 Å². The zero-order valence-corrected chi connectivity index (χ0v) is 13.4. The van der Waals surface area contributed by atoms with Crippen molar-refractivity contribution in [2.45, 2.75) is 51.4 Å². The van der Waals surface area contributed by atoms with Crippen LogP contribution in [-0.4, -0.2) is 24.9 Å². The van der Waals surface area contributed by atoms with E-state index >= 15 is 0 Å². The third kappa shape index (κ3) is 2.65. The van der Waals surface area contributed by atoms with Crippen LogP contribution in [0.4, 0.5) is 0 Å². The van der Waals surface area contributed by atoms with E-state index in [4.69, 9.17) is 0 Å². The molecule has 4 rings (SSSR count). The lowest BCUT2D eigenvalue weighted by Gasteiger charge is -2.22. The summed E-state index contributed by atoms with van der Waals surface area (Å²) in [6.07, 6.45) is 9.84. The lowest BCUT2D eigenvalue weighted by Crippen LogP contribution is -2.41. The fourth-order valence-electron chi connectivity index (χ4n) is 5.77. The van der Waals surface area contributed by atoms with E-state index in [0.29, 0.717) is 24.9 Å². The Morgan fingerprint density at radius 1 is 0.682 bits per heavy atom. The van der Waals surface area contributed by atoms with Gasteiger partial charge in [-0.2, -0.15) is 0 Å². The van der Waals surface area contributed by atoms with Crippen LogP contribution in [0.15, 0.2) is 0 Å². The number of carbonyl (C=O) groups excluding carboxylic acids is 2. The van der Waals surface area contributed by atoms with Gasteiger partial charge in [0.1, 0.15) is 0 Å². The number of amides is 2. The number of nitrogens with one attached hydrogen (secondary N) is 2. The molecule has 6 atom stereocenters. The van der Waals surface area contributed by atoms with Crippen LogP contribution in [0, 0.1) is 35.5 Å². The fourth-order valence-corrected chi connectivity index (χ4v) is 5.77. The van der Waals surface area contributed by atoms with Gasteiger partial charge in [-0.1, -0.05) is 12.8 Å². The van der Waals surface area contributed by atoms with Gasteiger partial charge in [0.2, 0.25) is 11.8 Å². The zero-order valence-electron chi connectivity index (χ0n) is 13.4. The van der Waals surface area contributed by atoms with Crippen molar-refractivity contribution in [3.8, 4) is 0 Å². The Hall–Kier alpha value is -1.06. The molecule has 4 heteroatoms. The first-order valence-electron chi connectivity index (χ1n) is 9.26. The van der Waals surface area contributed by atoms with Crippen LogP contribution in [0.3, 0.4) is 0 Å². The normalized spacial score (nSPS) is 41.8. The van der Waals surface area contributed by atoms with Crippen molar-refractivity contribution in [1.29, 1.82) is 0 Å². The highest BCUT2D eigenvalue weighted by molar-refractivity contribution is 5.80. The molecule has 0 aliphatic heterocycles. The molecule has 0 spiro atoms. The molecular weight excluding hydrogens is 276 g/mol. The largest absolute Gasteiger partial charge is 0.354 e. The predicted molar refractivity (Wildman–Crippen MR) is 83.9 cm³/mol. The van der Waals surface area contributed by atoms with Crippen LogP contribution >= 0.6 is 0 Å². The minimum atomic E-state index is 0.223. The zero-order chi connectivity index (χ0) is 15.1. The van der Waals surface area contributed by atoms with E-state index < -0.39 is 0 Å². The maximum absolute atomic E-state index is 12.2. The lowest BCUT2D eigenvalue weighted by molar-refractivity contribution is -0.128. The molecule has 0 saturated heterocycles. The van der Waals surface area contributed by atoms with Gasteiger partial charge in [0.05, 0.1) is 0 Å². The van der Waals surface area contributed by atoms with E-state index in [1.165, 1.54) is 38.5 Å². The van der Waals surface area contributed by atoms with Crippen molar-refractivity contribution >= 4 is 11.8 Å². The molecule has 4 fully saturated rings. The molecule has 4 nitrogen and oxygen atoms in total. The van der Waals surface area contributed by atoms with Crippen LogP contribution in [0.2, 0.25) is 0 Å². The molecule has 4 bridgehead atoms. The number of rotatable bonds is 5. The predicted octanol–water partition coefficient (Wildman–Crippen LogP) is 2.09. The molecule has 4 aliphatic rings. The Bertz CT molecular complexity index is 422. The summed E-state index contributed by atoms with van der Waals surface area (Å²) in [5.41, 5.74) is 0. The van der Waals surface area contributed by atoms with Gasteiger partial charge < -0.3 is 10.6 Å². The van der Waals surface area contributed by atoms with Gasteiger partial charge in [-0.25, -0.2) is 0 Å². The molecule has 4 aliphatic carbocycles. The molecule has 0 unspecified atom stereocenters. The monoisotopic (exact) mass is 304 g/mol. The summed E-state index contributed by atoms with van der Waals surface area (Å²) < 4.78 is 0. The maximum Gasteiger partial charge on any atom is 0.223 e. The number of hydrogen-bond donors (Lipinski definition) is 2. The highest BCUT2D eigenvalue weighted by Crippen LogP contribution is 2.49. The summed E-state index contributed by atoms with van der Waals surface area (Å²) in [7, 11) is 0. The smallest absolute Gasteiger partial charge is 0.223 e. The van der Waals surface area contributed by atoms with Crippen LogP contribution in [0.25, 0.3) is 0 Å². The lowest BCUT2D eigenvalue weighted by atomic mass is 9.88. The Kier molecular flexibility index (Phi) is 3.87. The molecule has 2 N–H and O–H groups in total. The first kappa shape index (κ1) is 14.5. The van der Waals surface area contributed by atoms with E-state index in [-0.39, 0.29) is 23.7 Å². The van der Waals surface area contributed by atoms with Crippen LogP contribution < -0.4 is 10.6 Å². The minimum Gasteiger partial charge on any atom is -0.354 e. The Morgan fingerprint density at radius 2 is 1.14 bits per heavy atom. The number of fused-ring (bicyclic) bond motifs is 4. The summed E-state index contributed by atoms with van der Waals surface area (Å²) in [5.74, 6) is 3.82. The van der Waals surface area contributed by atoms with E-state index in [1.807, 2.05) is 0 Å². The van der Waals surface area contributed by atoms with Gasteiger partial charge in [-0.05, 0) is 62.2 Å². The molecule has 0 aromatic carbocycles. The third-order valence-corrected chi connectivity index (χ3v) is 6.87. The topological polar surface area (TPSA) is 58.2 Å². The van der Waals surface area contributed by atoms with Crippen molar-refractivity contribution in [1.82, 2.24) is 10.6 Å². The van der Waals surface area contributed by atoms with Crippen LogP contribution in [-0.2, 0) is 9.59 Å². The van der Waals surface area contributed by atoms with E-state index in [0.717, 1.165) is 24.7 Å². The average Bonchev–Trinajstić information content (AvgIpc) is 3.30. The highest BCUT2D eigenvalue weighted by Gasteiger charge is 2.43. The van der Waals surface area contributed by atoms with Gasteiger partial charge in [-0.15, -0.1) is 0 Å². The van der Waals surface area contributed by atoms with Crippen molar-refractivity contribution < 1.29 is 9.59 Å². The highest BCUT2D eigenvalue weighted by atomic mass is 16.2. The average molecular weight is 304 g/mol. The number of hydrogen-bond acceptors (Lipinski definition) is 2. The first-order chi connectivity index (χ1) is 10.7. The Balaban J connectivity index is 1.15. The molecule has 0 heterocycles. The van der Waals surface area contributed by atoms with Crippen LogP contribution in [0.1, 0.15) is 51.4 Å². The molecule has 22 heavy (non-hydrogen) atoms. The minimum absolute atomic E-state index is 0.223. The van der Waals surface area contributed by atoms with Gasteiger partial charge in [0.25, 0.3) is 0 Å². The second-order valence-corrected chi connectivity index (χ2v) is 8.14. The van der Waals surface area contributed by atoms with Crippen molar-refractivity contribution in [3.63, 3.8) is 0 Å². The molecule has 0 aromatic rings. The molecule has 0 radical (unpaired) electrons. The standard InChI is InChI=1S/C18H28N2O2/c21-17(15-9-11-1-3-13(15)7-11)19-5-6-20-18(22)16-10-12-2-4-14(16)8-12/h11-16H,1-10H2,(H,19,21)(H,20,22)/t11-,12+,13-,14-,15-,16-/m1/s1. The van der Waals surface area contributed by atoms with Gasteiger partial charge in [-0.3, -0.25) is 9.59 Å².